The molecule has 140 valence electrons. The number of amides is 2. The van der Waals surface area contributed by atoms with Crippen molar-refractivity contribution >= 4 is 11.8 Å². The number of likely N-dealkylation sites (N-methyl/N-ethyl adjacent to an activating group) is 1. The van der Waals surface area contributed by atoms with E-state index in [-0.39, 0.29) is 24.5 Å². The molecule has 0 bridgehead atoms. The van der Waals surface area contributed by atoms with Crippen LogP contribution in [0.3, 0.4) is 0 Å². The van der Waals surface area contributed by atoms with Crippen LogP contribution in [0.25, 0.3) is 0 Å². The van der Waals surface area contributed by atoms with Gasteiger partial charge in [0.1, 0.15) is 0 Å². The van der Waals surface area contributed by atoms with Crippen LogP contribution >= 0.6 is 0 Å². The SMILES string of the molecule is COc1c2c(c(CNC(=O)C3CCCC3)c3c1C(=O)N(C)CC3)OCO2. The Balaban J connectivity index is 1.71. The molecule has 1 aromatic carbocycles. The first-order valence-electron chi connectivity index (χ1n) is 9.16. The van der Waals surface area contributed by atoms with Crippen molar-refractivity contribution in [2.24, 2.45) is 5.92 Å². The third kappa shape index (κ3) is 2.66. The molecule has 3 aliphatic rings. The summed E-state index contributed by atoms with van der Waals surface area (Å²) in [5.41, 5.74) is 2.25. The summed E-state index contributed by atoms with van der Waals surface area (Å²) in [5, 5.41) is 3.04. The van der Waals surface area contributed by atoms with Crippen molar-refractivity contribution in [3.63, 3.8) is 0 Å². The van der Waals surface area contributed by atoms with Crippen LogP contribution < -0.4 is 19.5 Å². The summed E-state index contributed by atoms with van der Waals surface area (Å²) in [7, 11) is 3.30. The summed E-state index contributed by atoms with van der Waals surface area (Å²) in [5.74, 6) is 1.56. The Labute approximate surface area is 152 Å². The molecule has 4 rings (SSSR count). The van der Waals surface area contributed by atoms with E-state index in [0.717, 1.165) is 36.8 Å². The minimum absolute atomic E-state index is 0.0824. The topological polar surface area (TPSA) is 77.1 Å². The molecule has 2 aliphatic heterocycles. The fraction of sp³-hybridized carbons (Fsp3) is 0.579. The van der Waals surface area contributed by atoms with E-state index >= 15 is 0 Å². The number of carbonyl (C=O) groups excluding carboxylic acids is 2. The van der Waals surface area contributed by atoms with Gasteiger partial charge in [0, 0.05) is 31.6 Å². The zero-order valence-corrected chi connectivity index (χ0v) is 15.2. The molecule has 7 nitrogen and oxygen atoms in total. The second kappa shape index (κ2) is 6.70. The zero-order valence-electron chi connectivity index (χ0n) is 15.2. The number of hydrogen-bond acceptors (Lipinski definition) is 5. The predicted molar refractivity (Wildman–Crippen MR) is 93.6 cm³/mol. The Morgan fingerprint density at radius 3 is 2.73 bits per heavy atom. The number of rotatable bonds is 4. The predicted octanol–water partition coefficient (Wildman–Crippen LogP) is 1.86. The highest BCUT2D eigenvalue weighted by atomic mass is 16.7. The normalized spacial score (nSPS) is 18.8. The molecular formula is C19H24N2O5. The van der Waals surface area contributed by atoms with Gasteiger partial charge in [-0.2, -0.15) is 0 Å². The van der Waals surface area contributed by atoms with Crippen LogP contribution in [0.1, 0.15) is 47.2 Å². The molecule has 0 aromatic heterocycles. The summed E-state index contributed by atoms with van der Waals surface area (Å²) >= 11 is 0. The number of methoxy groups -OCH3 is 1. The molecule has 1 saturated carbocycles. The van der Waals surface area contributed by atoms with Crippen molar-refractivity contribution in [1.82, 2.24) is 10.2 Å². The monoisotopic (exact) mass is 360 g/mol. The molecule has 1 aliphatic carbocycles. The molecule has 2 amide bonds. The van der Waals surface area contributed by atoms with E-state index in [0.29, 0.717) is 42.3 Å². The fourth-order valence-corrected chi connectivity index (χ4v) is 4.17. The van der Waals surface area contributed by atoms with E-state index in [4.69, 9.17) is 14.2 Å². The molecular weight excluding hydrogens is 336 g/mol. The average Bonchev–Trinajstić information content (AvgIpc) is 3.33. The second-order valence-electron chi connectivity index (χ2n) is 7.11. The van der Waals surface area contributed by atoms with Gasteiger partial charge in [0.2, 0.25) is 18.4 Å². The van der Waals surface area contributed by atoms with Crippen LogP contribution in [0.4, 0.5) is 0 Å². The number of benzene rings is 1. The molecule has 2 heterocycles. The van der Waals surface area contributed by atoms with Gasteiger partial charge in [-0.1, -0.05) is 12.8 Å². The van der Waals surface area contributed by atoms with Gasteiger partial charge >= 0.3 is 0 Å². The van der Waals surface area contributed by atoms with Crippen LogP contribution in [-0.4, -0.2) is 44.2 Å². The summed E-state index contributed by atoms with van der Waals surface area (Å²) in [6.45, 7) is 1.05. The Morgan fingerprint density at radius 2 is 2.00 bits per heavy atom. The van der Waals surface area contributed by atoms with Crippen molar-refractivity contribution in [1.29, 1.82) is 0 Å². The van der Waals surface area contributed by atoms with E-state index in [1.807, 2.05) is 0 Å². The average molecular weight is 360 g/mol. The van der Waals surface area contributed by atoms with E-state index in [2.05, 4.69) is 5.32 Å². The first kappa shape index (κ1) is 17.0. The highest BCUT2D eigenvalue weighted by Crippen LogP contribution is 2.49. The van der Waals surface area contributed by atoms with Gasteiger partial charge in [0.25, 0.3) is 5.91 Å². The molecule has 0 atom stereocenters. The van der Waals surface area contributed by atoms with Crippen LogP contribution in [0.2, 0.25) is 0 Å². The highest BCUT2D eigenvalue weighted by Gasteiger charge is 2.36. The maximum atomic E-state index is 12.8. The third-order valence-electron chi connectivity index (χ3n) is 5.61. The van der Waals surface area contributed by atoms with Gasteiger partial charge in [-0.25, -0.2) is 0 Å². The van der Waals surface area contributed by atoms with Crippen LogP contribution in [-0.2, 0) is 17.8 Å². The quantitative estimate of drug-likeness (QED) is 0.887. The van der Waals surface area contributed by atoms with Gasteiger partial charge in [0.05, 0.1) is 12.7 Å². The van der Waals surface area contributed by atoms with Crippen molar-refractivity contribution in [2.75, 3.05) is 27.5 Å². The lowest BCUT2D eigenvalue weighted by molar-refractivity contribution is -0.124. The second-order valence-corrected chi connectivity index (χ2v) is 7.11. The lowest BCUT2D eigenvalue weighted by Gasteiger charge is -2.29. The lowest BCUT2D eigenvalue weighted by Crippen LogP contribution is -2.36. The lowest BCUT2D eigenvalue weighted by atomic mass is 9.91. The maximum Gasteiger partial charge on any atom is 0.257 e. The molecule has 26 heavy (non-hydrogen) atoms. The summed E-state index contributed by atoms with van der Waals surface area (Å²) in [4.78, 5) is 26.9. The zero-order chi connectivity index (χ0) is 18.3. The van der Waals surface area contributed by atoms with E-state index in [9.17, 15) is 9.59 Å². The molecule has 0 saturated heterocycles. The molecule has 0 spiro atoms. The van der Waals surface area contributed by atoms with Gasteiger partial charge < -0.3 is 24.4 Å². The minimum atomic E-state index is -0.0928. The Bertz CT molecular complexity index is 755. The largest absolute Gasteiger partial charge is 0.492 e. The fourth-order valence-electron chi connectivity index (χ4n) is 4.17. The smallest absolute Gasteiger partial charge is 0.257 e. The number of nitrogens with one attached hydrogen (secondary N) is 1. The number of nitrogens with zero attached hydrogens (tertiary/aromatic N) is 1. The molecule has 1 aromatic rings. The van der Waals surface area contributed by atoms with Crippen molar-refractivity contribution in [3.8, 4) is 17.2 Å². The number of fused-ring (bicyclic) bond motifs is 2. The molecule has 1 fully saturated rings. The number of ether oxygens (including phenoxy) is 3. The van der Waals surface area contributed by atoms with Crippen molar-refractivity contribution in [2.45, 2.75) is 38.6 Å². The molecule has 1 N–H and O–H groups in total. The van der Waals surface area contributed by atoms with Gasteiger partial charge in [-0.15, -0.1) is 0 Å². The first-order chi connectivity index (χ1) is 12.6. The standard InChI is InChI=1S/C19H24N2O5/c1-21-8-7-12-13(9-20-18(22)11-5-3-4-6-11)15-17(26-10-25-15)16(24-2)14(12)19(21)23/h11H,3-10H2,1-2H3,(H,20,22). The van der Waals surface area contributed by atoms with Gasteiger partial charge in [-0.3, -0.25) is 9.59 Å². The Kier molecular flexibility index (Phi) is 4.38. The molecule has 7 heteroatoms. The van der Waals surface area contributed by atoms with Crippen molar-refractivity contribution < 1.29 is 23.8 Å². The number of carbonyl (C=O) groups is 2. The number of hydrogen-bond donors (Lipinski definition) is 1. The van der Waals surface area contributed by atoms with Gasteiger partial charge in [0.15, 0.2) is 11.5 Å². The third-order valence-corrected chi connectivity index (χ3v) is 5.61. The Morgan fingerprint density at radius 1 is 1.27 bits per heavy atom. The molecule has 0 unspecified atom stereocenters. The summed E-state index contributed by atoms with van der Waals surface area (Å²) < 4.78 is 16.8. The van der Waals surface area contributed by atoms with Crippen LogP contribution in [0.5, 0.6) is 17.2 Å². The molecule has 0 radical (unpaired) electrons. The Hall–Kier alpha value is -2.44. The van der Waals surface area contributed by atoms with E-state index < -0.39 is 0 Å². The van der Waals surface area contributed by atoms with E-state index in [1.165, 1.54) is 7.11 Å². The van der Waals surface area contributed by atoms with Crippen LogP contribution in [0.15, 0.2) is 0 Å². The highest BCUT2D eigenvalue weighted by molar-refractivity contribution is 6.01. The summed E-state index contributed by atoms with van der Waals surface area (Å²) in [6.07, 6.45) is 4.83. The maximum absolute atomic E-state index is 12.8. The van der Waals surface area contributed by atoms with Gasteiger partial charge in [-0.05, 0) is 24.8 Å². The summed E-state index contributed by atoms with van der Waals surface area (Å²) in [6, 6.07) is 0. The van der Waals surface area contributed by atoms with Crippen LogP contribution in [0, 0.1) is 5.92 Å². The van der Waals surface area contributed by atoms with E-state index in [1.54, 1.807) is 11.9 Å². The minimum Gasteiger partial charge on any atom is -0.492 e. The van der Waals surface area contributed by atoms with Crippen molar-refractivity contribution in [3.05, 3.63) is 16.7 Å². The first-order valence-corrected chi connectivity index (χ1v) is 9.16.